The van der Waals surface area contributed by atoms with Crippen LogP contribution in [0.1, 0.15) is 45.6 Å². The Morgan fingerprint density at radius 1 is 1.58 bits per heavy atom. The number of amides is 1. The highest BCUT2D eigenvalue weighted by atomic mass is 16.4. The molecule has 1 amide bonds. The second-order valence-electron chi connectivity index (χ2n) is 6.73. The van der Waals surface area contributed by atoms with Gasteiger partial charge < -0.3 is 10.1 Å². The molecular formula is C14H23N3O2. The molecule has 19 heavy (non-hydrogen) atoms. The number of nitrogens with zero attached hydrogens (tertiary/aromatic N) is 2. The van der Waals surface area contributed by atoms with Gasteiger partial charge in [-0.2, -0.15) is 0 Å². The summed E-state index contributed by atoms with van der Waals surface area (Å²) in [6.45, 7) is 10.8. The van der Waals surface area contributed by atoms with E-state index in [0.29, 0.717) is 12.5 Å². The Kier molecular flexibility index (Phi) is 3.11. The fraction of sp³-hybridized carbons (Fsp3) is 0.714. The molecule has 0 aromatic carbocycles. The molecule has 1 aromatic rings. The van der Waals surface area contributed by atoms with Crippen molar-refractivity contribution < 1.29 is 9.90 Å². The first-order chi connectivity index (χ1) is 8.68. The average Bonchev–Trinajstić information content (AvgIpc) is 2.81. The molecule has 1 aromatic heterocycles. The Morgan fingerprint density at radius 3 is 2.63 bits per heavy atom. The van der Waals surface area contributed by atoms with Gasteiger partial charge in [-0.25, -0.2) is 9.78 Å². The molecular weight excluding hydrogens is 242 g/mol. The summed E-state index contributed by atoms with van der Waals surface area (Å²) in [6, 6.07) is 0. The van der Waals surface area contributed by atoms with Crippen molar-refractivity contribution in [1.82, 2.24) is 14.9 Å². The first-order valence-electron chi connectivity index (χ1n) is 6.71. The minimum absolute atomic E-state index is 0.222. The standard InChI is InChI=1S/C14H23N3O2/c1-9-6-14(13(3,4)5,17(8-9)12(18)19)11-15-7-10(2)16-11/h7,9H,6,8H2,1-5H3,(H,15,16)(H,18,19)/t9?,14-/m1/s1. The third-order valence-electron chi connectivity index (χ3n) is 4.17. The van der Waals surface area contributed by atoms with Gasteiger partial charge in [0.25, 0.3) is 0 Å². The van der Waals surface area contributed by atoms with Crippen molar-refractivity contribution in [3.05, 3.63) is 17.7 Å². The maximum absolute atomic E-state index is 11.7. The summed E-state index contributed by atoms with van der Waals surface area (Å²) in [7, 11) is 0. The third-order valence-corrected chi connectivity index (χ3v) is 4.17. The van der Waals surface area contributed by atoms with Crippen LogP contribution in [0.4, 0.5) is 4.79 Å². The van der Waals surface area contributed by atoms with Crippen molar-refractivity contribution >= 4 is 6.09 Å². The highest BCUT2D eigenvalue weighted by Gasteiger charge is 2.56. The zero-order valence-electron chi connectivity index (χ0n) is 12.3. The largest absolute Gasteiger partial charge is 0.465 e. The van der Waals surface area contributed by atoms with E-state index >= 15 is 0 Å². The van der Waals surface area contributed by atoms with Gasteiger partial charge in [0.1, 0.15) is 11.4 Å². The zero-order chi connectivity index (χ0) is 14.4. The molecule has 0 bridgehead atoms. The van der Waals surface area contributed by atoms with Crippen LogP contribution < -0.4 is 0 Å². The predicted molar refractivity (Wildman–Crippen MR) is 73.0 cm³/mol. The number of aryl methyl sites for hydroxylation is 1. The number of carboxylic acid groups (broad SMARTS) is 1. The van der Waals surface area contributed by atoms with Crippen molar-refractivity contribution in [2.45, 2.75) is 46.6 Å². The van der Waals surface area contributed by atoms with Crippen molar-refractivity contribution in [2.75, 3.05) is 6.54 Å². The first kappa shape index (κ1) is 13.9. The van der Waals surface area contributed by atoms with E-state index in [1.54, 1.807) is 11.1 Å². The topological polar surface area (TPSA) is 69.2 Å². The molecule has 1 aliphatic rings. The van der Waals surface area contributed by atoms with Gasteiger partial charge in [-0.05, 0) is 24.7 Å². The molecule has 0 saturated carbocycles. The minimum Gasteiger partial charge on any atom is -0.465 e. The molecule has 1 aliphatic heterocycles. The predicted octanol–water partition coefficient (Wildman–Crippen LogP) is 2.98. The Hall–Kier alpha value is -1.52. The van der Waals surface area contributed by atoms with Gasteiger partial charge in [0.05, 0.1) is 0 Å². The number of likely N-dealkylation sites (tertiary alicyclic amines) is 1. The van der Waals surface area contributed by atoms with E-state index in [0.717, 1.165) is 17.9 Å². The molecule has 2 heterocycles. The van der Waals surface area contributed by atoms with Gasteiger partial charge in [-0.15, -0.1) is 0 Å². The van der Waals surface area contributed by atoms with Crippen molar-refractivity contribution in [1.29, 1.82) is 0 Å². The van der Waals surface area contributed by atoms with E-state index in [1.807, 2.05) is 6.92 Å². The quantitative estimate of drug-likeness (QED) is 0.820. The highest BCUT2D eigenvalue weighted by molar-refractivity contribution is 5.67. The average molecular weight is 265 g/mol. The summed E-state index contributed by atoms with van der Waals surface area (Å²) >= 11 is 0. The monoisotopic (exact) mass is 265 g/mol. The van der Waals surface area contributed by atoms with E-state index in [1.165, 1.54) is 0 Å². The van der Waals surface area contributed by atoms with Crippen LogP contribution >= 0.6 is 0 Å². The Balaban J connectivity index is 2.61. The number of aromatic amines is 1. The molecule has 106 valence electrons. The van der Waals surface area contributed by atoms with Crippen LogP contribution in [0.3, 0.4) is 0 Å². The lowest BCUT2D eigenvalue weighted by atomic mass is 9.70. The molecule has 0 aliphatic carbocycles. The molecule has 1 unspecified atom stereocenters. The van der Waals surface area contributed by atoms with E-state index in [2.05, 4.69) is 37.7 Å². The van der Waals surface area contributed by atoms with Gasteiger partial charge in [0, 0.05) is 18.4 Å². The van der Waals surface area contributed by atoms with Crippen molar-refractivity contribution in [3.63, 3.8) is 0 Å². The summed E-state index contributed by atoms with van der Waals surface area (Å²) in [5.74, 6) is 1.10. The van der Waals surface area contributed by atoms with Gasteiger partial charge in [0.2, 0.25) is 0 Å². The summed E-state index contributed by atoms with van der Waals surface area (Å²) in [5.41, 5.74) is 0.163. The molecule has 5 heteroatoms. The number of hydrogen-bond donors (Lipinski definition) is 2. The summed E-state index contributed by atoms with van der Waals surface area (Å²) in [5, 5.41) is 9.58. The van der Waals surface area contributed by atoms with Gasteiger partial charge in [-0.3, -0.25) is 4.90 Å². The van der Waals surface area contributed by atoms with E-state index < -0.39 is 11.6 Å². The maximum Gasteiger partial charge on any atom is 0.408 e. The number of H-pyrrole nitrogens is 1. The minimum atomic E-state index is -0.867. The summed E-state index contributed by atoms with van der Waals surface area (Å²) in [6.07, 6.45) is 1.70. The van der Waals surface area contributed by atoms with Crippen molar-refractivity contribution in [3.8, 4) is 0 Å². The second kappa shape index (κ2) is 4.25. The van der Waals surface area contributed by atoms with Gasteiger partial charge >= 0.3 is 6.09 Å². The normalized spacial score (nSPS) is 27.8. The SMILES string of the molecule is Cc1cnc([C@@]2(C(C)(C)C)CC(C)CN2C(=O)O)[nH]1. The smallest absolute Gasteiger partial charge is 0.408 e. The van der Waals surface area contributed by atoms with Gasteiger partial charge in [0.15, 0.2) is 0 Å². The maximum atomic E-state index is 11.7. The Bertz CT molecular complexity index is 489. The van der Waals surface area contributed by atoms with Crippen LogP contribution in [0.5, 0.6) is 0 Å². The Labute approximate surface area is 114 Å². The first-order valence-corrected chi connectivity index (χ1v) is 6.71. The molecule has 5 nitrogen and oxygen atoms in total. The lowest BCUT2D eigenvalue weighted by Gasteiger charge is -2.45. The van der Waals surface area contributed by atoms with E-state index in [-0.39, 0.29) is 5.41 Å². The molecule has 0 spiro atoms. The molecule has 2 N–H and O–H groups in total. The van der Waals surface area contributed by atoms with Crippen LogP contribution in [-0.2, 0) is 5.54 Å². The second-order valence-corrected chi connectivity index (χ2v) is 6.73. The molecule has 2 rings (SSSR count). The fourth-order valence-corrected chi connectivity index (χ4v) is 3.30. The number of rotatable bonds is 1. The molecule has 1 saturated heterocycles. The van der Waals surface area contributed by atoms with Crippen molar-refractivity contribution in [2.24, 2.45) is 11.3 Å². The Morgan fingerprint density at radius 2 is 2.21 bits per heavy atom. The van der Waals surface area contributed by atoms with Crippen LogP contribution in [-0.4, -0.2) is 32.6 Å². The lowest BCUT2D eigenvalue weighted by Crippen LogP contribution is -2.53. The number of carbonyl (C=O) groups is 1. The molecule has 0 radical (unpaired) electrons. The van der Waals surface area contributed by atoms with Crippen LogP contribution in [0.25, 0.3) is 0 Å². The number of aromatic nitrogens is 2. The van der Waals surface area contributed by atoms with E-state index in [4.69, 9.17) is 0 Å². The fourth-order valence-electron chi connectivity index (χ4n) is 3.30. The highest BCUT2D eigenvalue weighted by Crippen LogP contribution is 2.51. The number of imidazole rings is 1. The molecule has 2 atom stereocenters. The number of hydrogen-bond acceptors (Lipinski definition) is 2. The summed E-state index contributed by atoms with van der Waals surface area (Å²) < 4.78 is 0. The zero-order valence-corrected chi connectivity index (χ0v) is 12.3. The summed E-state index contributed by atoms with van der Waals surface area (Å²) in [4.78, 5) is 20.9. The molecule has 1 fully saturated rings. The van der Waals surface area contributed by atoms with Crippen LogP contribution in [0.2, 0.25) is 0 Å². The van der Waals surface area contributed by atoms with Crippen LogP contribution in [0, 0.1) is 18.3 Å². The number of nitrogens with one attached hydrogen (secondary N) is 1. The van der Waals surface area contributed by atoms with Crippen LogP contribution in [0.15, 0.2) is 6.20 Å². The van der Waals surface area contributed by atoms with E-state index in [9.17, 15) is 9.90 Å². The third kappa shape index (κ3) is 2.01. The van der Waals surface area contributed by atoms with Gasteiger partial charge in [-0.1, -0.05) is 27.7 Å². The lowest BCUT2D eigenvalue weighted by molar-refractivity contribution is 0.0214.